The summed E-state index contributed by atoms with van der Waals surface area (Å²) in [7, 11) is 2.16. The van der Waals surface area contributed by atoms with Crippen LogP contribution in [-0.2, 0) is 0 Å². The van der Waals surface area contributed by atoms with Crippen LogP contribution in [0.15, 0.2) is 42.7 Å². The lowest BCUT2D eigenvalue weighted by molar-refractivity contribution is 0.312. The number of imidazole rings is 1. The lowest BCUT2D eigenvalue weighted by Crippen LogP contribution is -2.44. The van der Waals surface area contributed by atoms with Crippen LogP contribution < -0.4 is 4.90 Å². The van der Waals surface area contributed by atoms with Crippen LogP contribution in [0.4, 0.5) is 5.82 Å². The first-order chi connectivity index (χ1) is 10.8. The second-order valence-corrected chi connectivity index (χ2v) is 5.62. The highest BCUT2D eigenvalue weighted by Gasteiger charge is 2.16. The van der Waals surface area contributed by atoms with Gasteiger partial charge in [0.25, 0.3) is 0 Å². The first kappa shape index (κ1) is 13.2. The molecule has 0 aromatic carbocycles. The largest absolute Gasteiger partial charge is 0.354 e. The van der Waals surface area contributed by atoms with Crippen molar-refractivity contribution in [3.05, 3.63) is 42.7 Å². The molecule has 0 amide bonds. The lowest BCUT2D eigenvalue weighted by Gasteiger charge is -2.33. The Balaban J connectivity index is 1.66. The van der Waals surface area contributed by atoms with Gasteiger partial charge in [-0.15, -0.1) is 0 Å². The van der Waals surface area contributed by atoms with Gasteiger partial charge in [0.2, 0.25) is 0 Å². The summed E-state index contributed by atoms with van der Waals surface area (Å²) in [6.07, 6.45) is 3.68. The minimum atomic E-state index is 0.837. The van der Waals surface area contributed by atoms with Crippen LogP contribution in [0.1, 0.15) is 0 Å². The molecule has 6 heteroatoms. The maximum Gasteiger partial charge on any atom is 0.154 e. The Labute approximate surface area is 129 Å². The van der Waals surface area contributed by atoms with Gasteiger partial charge in [-0.2, -0.15) is 5.10 Å². The molecule has 3 aromatic heterocycles. The first-order valence-corrected chi connectivity index (χ1v) is 7.51. The van der Waals surface area contributed by atoms with E-state index in [1.54, 1.807) is 10.7 Å². The van der Waals surface area contributed by atoms with Gasteiger partial charge in [0, 0.05) is 32.4 Å². The van der Waals surface area contributed by atoms with Crippen molar-refractivity contribution in [2.75, 3.05) is 38.1 Å². The molecule has 1 aliphatic rings. The normalized spacial score (nSPS) is 16.3. The van der Waals surface area contributed by atoms with Crippen molar-refractivity contribution in [2.45, 2.75) is 0 Å². The van der Waals surface area contributed by atoms with Gasteiger partial charge in [-0.3, -0.25) is 0 Å². The number of likely N-dealkylation sites (N-methyl/N-ethyl adjacent to an activating group) is 1. The highest BCUT2D eigenvalue weighted by Crippen LogP contribution is 2.21. The predicted molar refractivity (Wildman–Crippen MR) is 85.9 cm³/mol. The SMILES string of the molecule is CN1CCN(c2cccc(-c3cn4ncccc4n3)n2)CC1. The summed E-state index contributed by atoms with van der Waals surface area (Å²) in [5, 5.41) is 4.26. The second kappa shape index (κ2) is 5.38. The number of rotatable bonds is 2. The summed E-state index contributed by atoms with van der Waals surface area (Å²) in [6.45, 7) is 4.17. The van der Waals surface area contributed by atoms with E-state index in [0.29, 0.717) is 0 Å². The van der Waals surface area contributed by atoms with Gasteiger partial charge in [0.15, 0.2) is 5.65 Å². The number of aromatic nitrogens is 4. The molecule has 3 aromatic rings. The minimum absolute atomic E-state index is 0.837. The van der Waals surface area contributed by atoms with E-state index < -0.39 is 0 Å². The van der Waals surface area contributed by atoms with Crippen LogP contribution in [0.3, 0.4) is 0 Å². The fraction of sp³-hybridized carbons (Fsp3) is 0.312. The zero-order chi connectivity index (χ0) is 14.9. The number of hydrogen-bond donors (Lipinski definition) is 0. The van der Waals surface area contributed by atoms with Gasteiger partial charge in [-0.1, -0.05) is 6.07 Å². The zero-order valence-electron chi connectivity index (χ0n) is 12.6. The molecule has 0 N–H and O–H groups in total. The van der Waals surface area contributed by atoms with Gasteiger partial charge in [-0.25, -0.2) is 14.5 Å². The van der Waals surface area contributed by atoms with Crippen LogP contribution in [0.25, 0.3) is 17.0 Å². The molecule has 1 saturated heterocycles. The molecule has 1 aliphatic heterocycles. The molecule has 4 rings (SSSR count). The zero-order valence-corrected chi connectivity index (χ0v) is 12.6. The van der Waals surface area contributed by atoms with Gasteiger partial charge in [0.1, 0.15) is 11.5 Å². The Morgan fingerprint density at radius 3 is 2.59 bits per heavy atom. The Kier molecular flexibility index (Phi) is 3.23. The number of hydrogen-bond acceptors (Lipinski definition) is 5. The topological polar surface area (TPSA) is 49.6 Å². The number of anilines is 1. The molecule has 6 nitrogen and oxygen atoms in total. The third kappa shape index (κ3) is 2.42. The van der Waals surface area contributed by atoms with Gasteiger partial charge in [-0.05, 0) is 31.3 Å². The predicted octanol–water partition coefficient (Wildman–Crippen LogP) is 1.54. The van der Waals surface area contributed by atoms with Crippen LogP contribution in [-0.4, -0.2) is 57.7 Å². The van der Waals surface area contributed by atoms with Gasteiger partial charge in [0.05, 0.1) is 11.9 Å². The van der Waals surface area contributed by atoms with Crippen molar-refractivity contribution >= 4 is 11.5 Å². The smallest absolute Gasteiger partial charge is 0.154 e. The van der Waals surface area contributed by atoms with E-state index >= 15 is 0 Å². The van der Waals surface area contributed by atoms with Gasteiger partial charge >= 0.3 is 0 Å². The summed E-state index contributed by atoms with van der Waals surface area (Å²) in [4.78, 5) is 14.1. The fourth-order valence-electron chi connectivity index (χ4n) is 2.73. The van der Waals surface area contributed by atoms with E-state index in [1.165, 1.54) is 0 Å². The Hall–Kier alpha value is -2.47. The van der Waals surface area contributed by atoms with E-state index in [4.69, 9.17) is 4.98 Å². The standard InChI is InChI=1S/C16H18N6/c1-20-8-10-21(11-9-20)15-5-2-4-13(18-15)14-12-22-16(19-14)6-3-7-17-22/h2-7,12H,8-11H2,1H3. The van der Waals surface area contributed by atoms with E-state index in [-0.39, 0.29) is 0 Å². The molecule has 0 unspecified atom stereocenters. The van der Waals surface area contributed by atoms with E-state index in [1.807, 2.05) is 30.5 Å². The molecule has 1 fully saturated rings. The molecule has 4 heterocycles. The second-order valence-electron chi connectivity index (χ2n) is 5.62. The molecular formula is C16H18N6. The molecule has 0 atom stereocenters. The summed E-state index contributed by atoms with van der Waals surface area (Å²) >= 11 is 0. The van der Waals surface area contributed by atoms with Crippen LogP contribution in [0.5, 0.6) is 0 Å². The highest BCUT2D eigenvalue weighted by molar-refractivity contribution is 5.60. The Bertz CT molecular complexity index is 755. The molecule has 0 radical (unpaired) electrons. The van der Waals surface area contributed by atoms with Crippen LogP contribution in [0, 0.1) is 0 Å². The van der Waals surface area contributed by atoms with Crippen LogP contribution in [0.2, 0.25) is 0 Å². The van der Waals surface area contributed by atoms with E-state index in [9.17, 15) is 0 Å². The summed E-state index contributed by atoms with van der Waals surface area (Å²) < 4.78 is 1.78. The third-order valence-electron chi connectivity index (χ3n) is 4.06. The van der Waals surface area contributed by atoms with Crippen molar-refractivity contribution in [3.63, 3.8) is 0 Å². The molecule has 0 bridgehead atoms. The van der Waals surface area contributed by atoms with E-state index in [0.717, 1.165) is 49.0 Å². The quantitative estimate of drug-likeness (QED) is 0.717. The number of fused-ring (bicyclic) bond motifs is 1. The fourth-order valence-corrected chi connectivity index (χ4v) is 2.73. The molecule has 0 saturated carbocycles. The molecule has 22 heavy (non-hydrogen) atoms. The van der Waals surface area contributed by atoms with Crippen molar-refractivity contribution in [3.8, 4) is 11.4 Å². The maximum atomic E-state index is 4.79. The average molecular weight is 294 g/mol. The van der Waals surface area contributed by atoms with E-state index in [2.05, 4.69) is 33.0 Å². The Morgan fingerprint density at radius 2 is 1.77 bits per heavy atom. The monoisotopic (exact) mass is 294 g/mol. The van der Waals surface area contributed by atoms with Crippen molar-refractivity contribution in [1.82, 2.24) is 24.5 Å². The van der Waals surface area contributed by atoms with Crippen molar-refractivity contribution in [2.24, 2.45) is 0 Å². The number of nitrogens with zero attached hydrogens (tertiary/aromatic N) is 6. The van der Waals surface area contributed by atoms with Crippen molar-refractivity contribution in [1.29, 1.82) is 0 Å². The molecular weight excluding hydrogens is 276 g/mol. The van der Waals surface area contributed by atoms with Crippen LogP contribution >= 0.6 is 0 Å². The molecule has 0 aliphatic carbocycles. The maximum absolute atomic E-state index is 4.79. The average Bonchev–Trinajstić information content (AvgIpc) is 3.00. The minimum Gasteiger partial charge on any atom is -0.354 e. The summed E-state index contributed by atoms with van der Waals surface area (Å²) in [6, 6.07) is 9.96. The Morgan fingerprint density at radius 1 is 0.909 bits per heavy atom. The third-order valence-corrected chi connectivity index (χ3v) is 4.06. The first-order valence-electron chi connectivity index (χ1n) is 7.51. The molecule has 0 spiro atoms. The molecule has 112 valence electrons. The van der Waals surface area contributed by atoms with Gasteiger partial charge < -0.3 is 9.80 Å². The highest BCUT2D eigenvalue weighted by atomic mass is 15.3. The number of piperazine rings is 1. The van der Waals surface area contributed by atoms with Crippen molar-refractivity contribution < 1.29 is 0 Å². The summed E-state index contributed by atoms with van der Waals surface area (Å²) in [5.74, 6) is 1.02. The lowest BCUT2D eigenvalue weighted by atomic mass is 10.2. The summed E-state index contributed by atoms with van der Waals surface area (Å²) in [5.41, 5.74) is 2.58. The number of pyridine rings is 1.